The second-order valence-corrected chi connectivity index (χ2v) is 7.82. The number of amides is 1. The lowest BCUT2D eigenvalue weighted by atomic mass is 10.0. The van der Waals surface area contributed by atoms with Gasteiger partial charge in [0, 0.05) is 5.69 Å². The summed E-state index contributed by atoms with van der Waals surface area (Å²) in [7, 11) is -4.52. The first-order valence-corrected chi connectivity index (χ1v) is 10.4. The highest BCUT2D eigenvalue weighted by atomic mass is 32.2. The number of hydrogen-bond acceptors (Lipinski definition) is 4. The third-order valence-electron chi connectivity index (χ3n) is 4.29. The summed E-state index contributed by atoms with van der Waals surface area (Å²) >= 11 is 0. The van der Waals surface area contributed by atoms with E-state index in [9.17, 15) is 17.8 Å². The molecule has 0 saturated heterocycles. The minimum atomic E-state index is -4.52. The molecule has 0 spiro atoms. The van der Waals surface area contributed by atoms with E-state index in [1.54, 1.807) is 18.2 Å². The number of nitriles is 1. The molecule has 0 aromatic heterocycles. The van der Waals surface area contributed by atoms with Crippen LogP contribution in [0.1, 0.15) is 17.5 Å². The van der Waals surface area contributed by atoms with Gasteiger partial charge in [-0.05, 0) is 34.4 Å². The van der Waals surface area contributed by atoms with Crippen LogP contribution in [0.15, 0.2) is 77.7 Å². The number of nitrogens with zero attached hydrogens (tertiary/aromatic N) is 1. The summed E-state index contributed by atoms with van der Waals surface area (Å²) in [4.78, 5) is 11.2. The number of carbonyl (C=O) groups excluding carboxylic acids is 1. The van der Waals surface area contributed by atoms with Gasteiger partial charge in [0.05, 0.1) is 6.07 Å². The van der Waals surface area contributed by atoms with E-state index in [2.05, 4.69) is 5.32 Å². The number of hydrogen-bond donors (Lipinski definition) is 2. The lowest BCUT2D eigenvalue weighted by molar-refractivity contribution is -0.115. The van der Waals surface area contributed by atoms with E-state index >= 15 is 0 Å². The first-order valence-electron chi connectivity index (χ1n) is 8.99. The van der Waals surface area contributed by atoms with Gasteiger partial charge in [-0.15, -0.1) is 0 Å². The fourth-order valence-corrected chi connectivity index (χ4v) is 3.56. The molecule has 0 atom stereocenters. The lowest BCUT2D eigenvalue weighted by Gasteiger charge is -2.08. The molecule has 0 bridgehead atoms. The summed E-state index contributed by atoms with van der Waals surface area (Å²) in [6, 6.07) is 23.5. The standard InChI is InChI=1S/C23H18N2O4S/c24-15-14-23(26)25-21-13-12-20(22(16-21)30(27,28)29)11-8-17-6-9-19(10-7-17)18-4-2-1-3-5-18/h1-13,16H,14H2,(H,25,26)(H,27,28,29). The molecule has 0 aliphatic rings. The van der Waals surface area contributed by atoms with Gasteiger partial charge in [0.2, 0.25) is 5.91 Å². The summed E-state index contributed by atoms with van der Waals surface area (Å²) in [5.41, 5.74) is 3.44. The molecule has 150 valence electrons. The molecule has 3 aromatic carbocycles. The van der Waals surface area contributed by atoms with Crippen molar-refractivity contribution in [2.75, 3.05) is 5.32 Å². The van der Waals surface area contributed by atoms with Gasteiger partial charge in [-0.25, -0.2) is 0 Å². The summed E-state index contributed by atoms with van der Waals surface area (Å²) in [6.45, 7) is 0. The largest absolute Gasteiger partial charge is 0.325 e. The first-order chi connectivity index (χ1) is 14.4. The maximum atomic E-state index is 11.8. The smallest absolute Gasteiger partial charge is 0.295 e. The summed E-state index contributed by atoms with van der Waals surface area (Å²) in [6.07, 6.45) is 2.94. The van der Waals surface area contributed by atoms with Gasteiger partial charge in [0.15, 0.2) is 0 Å². The Hall–Kier alpha value is -3.73. The van der Waals surface area contributed by atoms with Crippen molar-refractivity contribution in [3.05, 3.63) is 83.9 Å². The summed E-state index contributed by atoms with van der Waals surface area (Å²) in [5.74, 6) is -0.569. The van der Waals surface area contributed by atoms with E-state index in [-0.39, 0.29) is 22.6 Å². The van der Waals surface area contributed by atoms with E-state index in [1.165, 1.54) is 12.1 Å². The van der Waals surface area contributed by atoms with Crippen LogP contribution in [0, 0.1) is 11.3 Å². The highest BCUT2D eigenvalue weighted by Crippen LogP contribution is 2.24. The van der Waals surface area contributed by atoms with Crippen LogP contribution in [0.5, 0.6) is 0 Å². The number of nitrogens with one attached hydrogen (secondary N) is 1. The van der Waals surface area contributed by atoms with Crippen molar-refractivity contribution in [3.63, 3.8) is 0 Å². The normalized spacial score (nSPS) is 11.2. The van der Waals surface area contributed by atoms with E-state index in [0.717, 1.165) is 22.8 Å². The van der Waals surface area contributed by atoms with Gasteiger partial charge in [0.1, 0.15) is 11.3 Å². The first kappa shape index (κ1) is 21.0. The molecule has 7 heteroatoms. The average Bonchev–Trinajstić information content (AvgIpc) is 2.73. The second-order valence-electron chi connectivity index (χ2n) is 6.43. The van der Waals surface area contributed by atoms with E-state index in [1.807, 2.05) is 54.6 Å². The van der Waals surface area contributed by atoms with Crippen LogP contribution < -0.4 is 5.32 Å². The Labute approximate surface area is 174 Å². The molecule has 3 rings (SSSR count). The molecular weight excluding hydrogens is 400 g/mol. The van der Waals surface area contributed by atoms with Crippen LogP contribution in [-0.2, 0) is 14.9 Å². The molecular formula is C23H18N2O4S. The fraction of sp³-hybridized carbons (Fsp3) is 0.0435. The summed E-state index contributed by atoms with van der Waals surface area (Å²) in [5, 5.41) is 11.0. The molecule has 1 amide bonds. The number of carbonyl (C=O) groups is 1. The van der Waals surface area contributed by atoms with Crippen LogP contribution in [0.2, 0.25) is 0 Å². The minimum Gasteiger partial charge on any atom is -0.325 e. The molecule has 30 heavy (non-hydrogen) atoms. The Kier molecular flexibility index (Phi) is 6.42. The lowest BCUT2D eigenvalue weighted by Crippen LogP contribution is -2.11. The predicted octanol–water partition coefficient (Wildman–Crippen LogP) is 4.62. The zero-order valence-electron chi connectivity index (χ0n) is 15.8. The molecule has 2 N–H and O–H groups in total. The SMILES string of the molecule is N#CCC(=O)Nc1ccc(C=Cc2ccc(-c3ccccc3)cc2)c(S(=O)(=O)O)c1. The molecule has 0 aliphatic carbocycles. The van der Waals surface area contributed by atoms with E-state index in [4.69, 9.17) is 5.26 Å². The quantitative estimate of drug-likeness (QED) is 0.448. The van der Waals surface area contributed by atoms with Gasteiger partial charge in [0.25, 0.3) is 10.1 Å². The number of benzene rings is 3. The third-order valence-corrected chi connectivity index (χ3v) is 5.20. The molecule has 0 saturated carbocycles. The maximum absolute atomic E-state index is 11.8. The van der Waals surface area contributed by atoms with Crippen molar-refractivity contribution in [1.29, 1.82) is 5.26 Å². The second kappa shape index (κ2) is 9.18. The van der Waals surface area contributed by atoms with Gasteiger partial charge in [-0.1, -0.05) is 72.8 Å². The number of anilines is 1. The Morgan fingerprint density at radius 1 is 0.967 bits per heavy atom. The Morgan fingerprint density at radius 3 is 2.27 bits per heavy atom. The predicted molar refractivity (Wildman–Crippen MR) is 116 cm³/mol. The Balaban J connectivity index is 1.85. The molecule has 0 unspecified atom stereocenters. The highest BCUT2D eigenvalue weighted by molar-refractivity contribution is 7.86. The van der Waals surface area contributed by atoms with Crippen molar-refractivity contribution in [2.24, 2.45) is 0 Å². The van der Waals surface area contributed by atoms with Gasteiger partial charge in [-0.2, -0.15) is 13.7 Å². The average molecular weight is 418 g/mol. The van der Waals surface area contributed by atoms with Crippen molar-refractivity contribution in [3.8, 4) is 17.2 Å². The third kappa shape index (κ3) is 5.41. The van der Waals surface area contributed by atoms with Crippen LogP contribution >= 0.6 is 0 Å². The number of rotatable bonds is 6. The molecule has 0 aliphatic heterocycles. The van der Waals surface area contributed by atoms with Gasteiger partial charge >= 0.3 is 0 Å². The molecule has 0 radical (unpaired) electrons. The minimum absolute atomic E-state index is 0.173. The van der Waals surface area contributed by atoms with Crippen LogP contribution in [-0.4, -0.2) is 18.9 Å². The topological polar surface area (TPSA) is 107 Å². The maximum Gasteiger partial charge on any atom is 0.295 e. The van der Waals surface area contributed by atoms with Crippen LogP contribution in [0.3, 0.4) is 0 Å². The molecule has 3 aromatic rings. The molecule has 0 heterocycles. The van der Waals surface area contributed by atoms with Crippen molar-refractivity contribution in [2.45, 2.75) is 11.3 Å². The van der Waals surface area contributed by atoms with Gasteiger partial charge < -0.3 is 5.32 Å². The zero-order valence-corrected chi connectivity index (χ0v) is 16.6. The fourth-order valence-electron chi connectivity index (χ4n) is 2.85. The Morgan fingerprint density at radius 2 is 1.63 bits per heavy atom. The van der Waals surface area contributed by atoms with E-state index in [0.29, 0.717) is 0 Å². The van der Waals surface area contributed by atoms with E-state index < -0.39 is 16.0 Å². The summed E-state index contributed by atoms with van der Waals surface area (Å²) < 4.78 is 33.1. The van der Waals surface area contributed by atoms with Gasteiger partial charge in [-0.3, -0.25) is 9.35 Å². The monoisotopic (exact) mass is 418 g/mol. The van der Waals surface area contributed by atoms with Crippen LogP contribution in [0.4, 0.5) is 5.69 Å². The van der Waals surface area contributed by atoms with Crippen molar-refractivity contribution < 1.29 is 17.8 Å². The zero-order chi connectivity index (χ0) is 21.6. The van der Waals surface area contributed by atoms with Crippen molar-refractivity contribution >= 4 is 33.9 Å². The molecule has 6 nitrogen and oxygen atoms in total. The van der Waals surface area contributed by atoms with Crippen LogP contribution in [0.25, 0.3) is 23.3 Å². The molecule has 0 fully saturated rings. The Bertz CT molecular complexity index is 1230. The van der Waals surface area contributed by atoms with Crippen molar-refractivity contribution in [1.82, 2.24) is 0 Å². The highest BCUT2D eigenvalue weighted by Gasteiger charge is 2.15.